The van der Waals surface area contributed by atoms with Gasteiger partial charge < -0.3 is 63.8 Å². The Morgan fingerprint density at radius 2 is 1.55 bits per heavy atom. The number of aliphatic hydroxyl groups excluding tert-OH is 6. The van der Waals surface area contributed by atoms with Crippen molar-refractivity contribution in [2.24, 2.45) is 0 Å². The maximum atomic E-state index is 12.7. The van der Waals surface area contributed by atoms with Gasteiger partial charge in [0, 0.05) is 23.8 Å². The Labute approximate surface area is 238 Å². The molecule has 5 rings (SSSR count). The number of rotatable bonds is 7. The second kappa shape index (κ2) is 12.1. The topological polar surface area (TPSA) is 218 Å². The molecule has 0 spiro atoms. The molecular weight excluding hydrogens is 560 g/mol. The predicted octanol–water partition coefficient (Wildman–Crippen LogP) is -0.795. The molecule has 0 aliphatic carbocycles. The van der Waals surface area contributed by atoms with Crippen molar-refractivity contribution in [2.75, 3.05) is 13.7 Å². The van der Waals surface area contributed by atoms with Crippen LogP contribution in [0.3, 0.4) is 0 Å². The quantitative estimate of drug-likeness (QED) is 0.179. The molecule has 228 valence electrons. The van der Waals surface area contributed by atoms with Gasteiger partial charge in [-0.1, -0.05) is 0 Å². The number of methoxy groups -OCH3 is 1. The van der Waals surface area contributed by atoms with Gasteiger partial charge in [0.1, 0.15) is 70.6 Å². The van der Waals surface area contributed by atoms with Gasteiger partial charge in [-0.2, -0.15) is 0 Å². The van der Waals surface area contributed by atoms with Gasteiger partial charge in [-0.25, -0.2) is 0 Å². The number of phenolic OH excluding ortho intramolecular Hbond substituents is 1. The summed E-state index contributed by atoms with van der Waals surface area (Å²) in [6.45, 7) is 0.794. The molecule has 0 saturated carbocycles. The van der Waals surface area contributed by atoms with Gasteiger partial charge in [0.2, 0.25) is 6.29 Å². The highest BCUT2D eigenvalue weighted by Crippen LogP contribution is 2.33. The van der Waals surface area contributed by atoms with E-state index in [1.165, 1.54) is 44.4 Å². The second-order valence-electron chi connectivity index (χ2n) is 10.1. The number of hydrogen-bond acceptors (Lipinski definition) is 14. The third kappa shape index (κ3) is 5.68. The number of aliphatic hydroxyl groups is 6. The Bertz CT molecular complexity index is 1440. The van der Waals surface area contributed by atoms with Crippen molar-refractivity contribution in [2.45, 2.75) is 68.3 Å². The van der Waals surface area contributed by atoms with E-state index in [-0.39, 0.29) is 28.2 Å². The number of aromatic hydroxyl groups is 1. The van der Waals surface area contributed by atoms with Crippen LogP contribution in [0, 0.1) is 0 Å². The number of hydrogen-bond donors (Lipinski definition) is 7. The molecule has 1 aromatic heterocycles. The Kier molecular flexibility index (Phi) is 8.71. The lowest BCUT2D eigenvalue weighted by Gasteiger charge is -2.45. The normalized spacial score (nSPS) is 33.4. The third-order valence-corrected chi connectivity index (χ3v) is 7.33. The molecule has 7 N–H and O–H groups in total. The van der Waals surface area contributed by atoms with E-state index >= 15 is 0 Å². The minimum Gasteiger partial charge on any atom is -0.507 e. The third-order valence-electron chi connectivity index (χ3n) is 7.33. The molecule has 2 aliphatic rings. The van der Waals surface area contributed by atoms with E-state index in [4.69, 9.17) is 28.1 Å². The highest BCUT2D eigenvalue weighted by atomic mass is 16.8. The highest BCUT2D eigenvalue weighted by molar-refractivity contribution is 5.86. The molecule has 0 unspecified atom stereocenters. The molecule has 0 amide bonds. The van der Waals surface area contributed by atoms with Crippen molar-refractivity contribution >= 4 is 11.0 Å². The summed E-state index contributed by atoms with van der Waals surface area (Å²) in [4.78, 5) is 12.7. The molecule has 2 aliphatic heterocycles. The fraction of sp³-hybridized carbons (Fsp3) is 0.464. The summed E-state index contributed by atoms with van der Waals surface area (Å²) in [5, 5.41) is 71.5. The molecule has 0 radical (unpaired) electrons. The average Bonchev–Trinajstić information content (AvgIpc) is 2.98. The fourth-order valence-electron chi connectivity index (χ4n) is 4.91. The molecule has 14 heteroatoms. The first-order valence-corrected chi connectivity index (χ1v) is 13.1. The van der Waals surface area contributed by atoms with Gasteiger partial charge in [-0.3, -0.25) is 4.79 Å². The van der Waals surface area contributed by atoms with Crippen LogP contribution in [0.2, 0.25) is 0 Å². The zero-order valence-electron chi connectivity index (χ0n) is 22.5. The van der Waals surface area contributed by atoms with Crippen molar-refractivity contribution in [1.82, 2.24) is 0 Å². The predicted molar refractivity (Wildman–Crippen MR) is 142 cm³/mol. The maximum absolute atomic E-state index is 12.7. The molecule has 3 aromatic rings. The summed E-state index contributed by atoms with van der Waals surface area (Å²) >= 11 is 0. The van der Waals surface area contributed by atoms with E-state index < -0.39 is 73.4 Å². The number of ether oxygens (including phenoxy) is 5. The summed E-state index contributed by atoms with van der Waals surface area (Å²) in [6, 6.07) is 10.2. The minimum absolute atomic E-state index is 0.00246. The summed E-state index contributed by atoms with van der Waals surface area (Å²) in [7, 11) is 1.41. The number of phenols is 1. The Morgan fingerprint density at radius 3 is 2.21 bits per heavy atom. The number of fused-ring (bicyclic) bond motifs is 1. The van der Waals surface area contributed by atoms with Gasteiger partial charge in [0.05, 0.1) is 19.8 Å². The Hall–Kier alpha value is -3.31. The van der Waals surface area contributed by atoms with Crippen LogP contribution >= 0.6 is 0 Å². The zero-order valence-corrected chi connectivity index (χ0v) is 22.5. The van der Waals surface area contributed by atoms with Crippen LogP contribution in [-0.2, 0) is 14.2 Å². The van der Waals surface area contributed by atoms with E-state index in [0.717, 1.165) is 0 Å². The lowest BCUT2D eigenvalue weighted by atomic mass is 9.97. The fourth-order valence-corrected chi connectivity index (χ4v) is 4.91. The molecule has 42 heavy (non-hydrogen) atoms. The highest BCUT2D eigenvalue weighted by Gasteiger charge is 2.50. The summed E-state index contributed by atoms with van der Waals surface area (Å²) < 4.78 is 33.7. The first-order valence-electron chi connectivity index (χ1n) is 13.1. The lowest BCUT2D eigenvalue weighted by Crippen LogP contribution is -2.64. The van der Waals surface area contributed by atoms with Gasteiger partial charge in [0.25, 0.3) is 0 Å². The number of benzene rings is 2. The molecule has 2 aromatic carbocycles. The van der Waals surface area contributed by atoms with Crippen molar-refractivity contribution in [3.05, 3.63) is 52.7 Å². The van der Waals surface area contributed by atoms with Crippen LogP contribution in [0.4, 0.5) is 0 Å². The van der Waals surface area contributed by atoms with Crippen LogP contribution in [0.5, 0.6) is 17.2 Å². The van der Waals surface area contributed by atoms with E-state index in [1.54, 1.807) is 12.1 Å². The molecule has 10 atom stereocenters. The van der Waals surface area contributed by atoms with Crippen molar-refractivity contribution in [3.8, 4) is 28.6 Å². The molecule has 0 bridgehead atoms. The Morgan fingerprint density at radius 1 is 0.833 bits per heavy atom. The van der Waals surface area contributed by atoms with E-state index in [9.17, 15) is 40.5 Å². The smallest absolute Gasteiger partial charge is 0.229 e. The minimum atomic E-state index is -1.70. The largest absolute Gasteiger partial charge is 0.507 e. The van der Waals surface area contributed by atoms with E-state index in [0.29, 0.717) is 11.3 Å². The van der Waals surface area contributed by atoms with Crippen LogP contribution in [-0.4, -0.2) is 111 Å². The molecule has 14 nitrogen and oxygen atoms in total. The van der Waals surface area contributed by atoms with Crippen LogP contribution in [0.1, 0.15) is 6.92 Å². The first-order chi connectivity index (χ1) is 20.0. The molecule has 2 saturated heterocycles. The van der Waals surface area contributed by atoms with Gasteiger partial charge in [-0.05, 0) is 31.2 Å². The molecular formula is C28H32O14. The standard InChI is InChI=1S/C28H32O14/c1-11-21(32)23(34)25(36)27(38-11)42-26-24(35)22(33)19(10-29)41-28(26)39-13-5-3-12(4-6-13)17-9-16(31)20-15(30)7-14(37-2)8-18(20)40-17/h3-9,11,19,21-30,32-36H,10H2,1-2H3/t11-,19+,21-,22-,23+,24-,25+,26+,27-,28+/m0/s1. The lowest BCUT2D eigenvalue weighted by molar-refractivity contribution is -0.354. The SMILES string of the molecule is COc1cc(O)c2c(=O)cc(-c3ccc(O[C@@H]4O[C@H](CO)[C@H](O)[C@H](O)[C@H]4O[C@@H]4O[C@@H](C)[C@H](O)[C@@H](O)[C@H]4O)cc3)oc2c1. The summed E-state index contributed by atoms with van der Waals surface area (Å²) in [5.41, 5.74) is 0.126. The zero-order chi connectivity index (χ0) is 30.3. The first kappa shape index (κ1) is 30.2. The van der Waals surface area contributed by atoms with E-state index in [1.807, 2.05) is 0 Å². The van der Waals surface area contributed by atoms with Crippen LogP contribution in [0.25, 0.3) is 22.3 Å². The van der Waals surface area contributed by atoms with E-state index in [2.05, 4.69) is 0 Å². The van der Waals surface area contributed by atoms with Gasteiger partial charge in [0.15, 0.2) is 17.8 Å². The summed E-state index contributed by atoms with van der Waals surface area (Å²) in [5.74, 6) is 0.401. The van der Waals surface area contributed by atoms with Crippen molar-refractivity contribution < 1.29 is 63.8 Å². The van der Waals surface area contributed by atoms with Gasteiger partial charge >= 0.3 is 0 Å². The molecule has 3 heterocycles. The monoisotopic (exact) mass is 592 g/mol. The second-order valence-corrected chi connectivity index (χ2v) is 10.1. The van der Waals surface area contributed by atoms with Crippen molar-refractivity contribution in [3.63, 3.8) is 0 Å². The molecule has 2 fully saturated rings. The Balaban J connectivity index is 1.39. The van der Waals surface area contributed by atoms with Gasteiger partial charge in [-0.15, -0.1) is 0 Å². The average molecular weight is 593 g/mol. The maximum Gasteiger partial charge on any atom is 0.229 e. The van der Waals surface area contributed by atoms with Crippen LogP contribution in [0.15, 0.2) is 51.7 Å². The van der Waals surface area contributed by atoms with Crippen molar-refractivity contribution in [1.29, 1.82) is 0 Å². The van der Waals surface area contributed by atoms with Crippen LogP contribution < -0.4 is 14.9 Å². The summed E-state index contributed by atoms with van der Waals surface area (Å²) in [6.07, 6.45) is -14.6.